The molecule has 0 fully saturated rings. The van der Waals surface area contributed by atoms with Gasteiger partial charge in [0.2, 0.25) is 0 Å². The Bertz CT molecular complexity index is 682. The number of hydrogen-bond donors (Lipinski definition) is 0. The standard InChI is InChI=1S/C16H19N3O2/c1-12(2)19(11-16(20)21-3)10-13-9-18-7-5-4-6-15(18)14(13)8-17/h4-7,9,12H,10-11H2,1-3H3. The fourth-order valence-corrected chi connectivity index (χ4v) is 2.30. The number of nitrogens with zero attached hydrogens (tertiary/aromatic N) is 3. The zero-order valence-electron chi connectivity index (χ0n) is 12.5. The molecule has 0 saturated heterocycles. The number of pyridine rings is 1. The fraction of sp³-hybridized carbons (Fsp3) is 0.375. The highest BCUT2D eigenvalue weighted by atomic mass is 16.5. The van der Waals surface area contributed by atoms with Gasteiger partial charge >= 0.3 is 5.97 Å². The number of carbonyl (C=O) groups is 1. The maximum absolute atomic E-state index is 11.5. The molecule has 2 rings (SSSR count). The number of methoxy groups -OCH3 is 1. The Morgan fingerprint density at radius 2 is 2.24 bits per heavy atom. The maximum atomic E-state index is 11.5. The molecule has 0 unspecified atom stereocenters. The van der Waals surface area contributed by atoms with E-state index < -0.39 is 0 Å². The van der Waals surface area contributed by atoms with E-state index in [1.165, 1.54) is 7.11 Å². The highest BCUT2D eigenvalue weighted by Crippen LogP contribution is 2.20. The van der Waals surface area contributed by atoms with E-state index in [4.69, 9.17) is 4.74 Å². The lowest BCUT2D eigenvalue weighted by Crippen LogP contribution is -2.35. The molecule has 0 aliphatic carbocycles. The first-order chi connectivity index (χ1) is 10.1. The summed E-state index contributed by atoms with van der Waals surface area (Å²) >= 11 is 0. The Balaban J connectivity index is 2.32. The van der Waals surface area contributed by atoms with Gasteiger partial charge in [0.05, 0.1) is 24.7 Å². The van der Waals surface area contributed by atoms with Crippen LogP contribution >= 0.6 is 0 Å². The fourth-order valence-electron chi connectivity index (χ4n) is 2.30. The molecule has 5 nitrogen and oxygen atoms in total. The van der Waals surface area contributed by atoms with Crippen LogP contribution in [0.25, 0.3) is 5.52 Å². The molecule has 0 spiro atoms. The van der Waals surface area contributed by atoms with Gasteiger partial charge in [-0.05, 0) is 26.0 Å². The molecule has 5 heteroatoms. The van der Waals surface area contributed by atoms with Gasteiger partial charge in [0.25, 0.3) is 0 Å². The number of nitriles is 1. The van der Waals surface area contributed by atoms with Gasteiger partial charge in [-0.25, -0.2) is 0 Å². The molecule has 0 atom stereocenters. The third kappa shape index (κ3) is 3.23. The first kappa shape index (κ1) is 15.1. The van der Waals surface area contributed by atoms with Crippen molar-refractivity contribution in [3.63, 3.8) is 0 Å². The molecular formula is C16H19N3O2. The quantitative estimate of drug-likeness (QED) is 0.790. The van der Waals surface area contributed by atoms with Gasteiger partial charge in [0, 0.05) is 30.5 Å². The van der Waals surface area contributed by atoms with Gasteiger partial charge in [-0.3, -0.25) is 9.69 Å². The van der Waals surface area contributed by atoms with Crippen molar-refractivity contribution in [1.82, 2.24) is 9.30 Å². The monoisotopic (exact) mass is 285 g/mol. The summed E-state index contributed by atoms with van der Waals surface area (Å²) in [6.07, 6.45) is 3.86. The molecule has 0 aromatic carbocycles. The van der Waals surface area contributed by atoms with Crippen molar-refractivity contribution in [2.75, 3.05) is 13.7 Å². The Morgan fingerprint density at radius 3 is 2.86 bits per heavy atom. The van der Waals surface area contributed by atoms with Gasteiger partial charge in [0.15, 0.2) is 0 Å². The second kappa shape index (κ2) is 6.42. The molecular weight excluding hydrogens is 266 g/mol. The second-order valence-corrected chi connectivity index (χ2v) is 5.21. The van der Waals surface area contributed by atoms with E-state index in [9.17, 15) is 10.1 Å². The number of fused-ring (bicyclic) bond motifs is 1. The van der Waals surface area contributed by atoms with Crippen molar-refractivity contribution < 1.29 is 9.53 Å². The predicted octanol–water partition coefficient (Wildman–Crippen LogP) is 2.19. The van der Waals surface area contributed by atoms with Crippen molar-refractivity contribution in [2.24, 2.45) is 0 Å². The number of hydrogen-bond acceptors (Lipinski definition) is 4. The summed E-state index contributed by atoms with van der Waals surface area (Å²) in [5, 5.41) is 9.41. The topological polar surface area (TPSA) is 57.7 Å². The molecule has 0 bridgehead atoms. The second-order valence-electron chi connectivity index (χ2n) is 5.21. The Morgan fingerprint density at radius 1 is 1.48 bits per heavy atom. The predicted molar refractivity (Wildman–Crippen MR) is 79.7 cm³/mol. The molecule has 0 saturated carbocycles. The molecule has 21 heavy (non-hydrogen) atoms. The lowest BCUT2D eigenvalue weighted by Gasteiger charge is -2.24. The normalized spacial score (nSPS) is 11.0. The van der Waals surface area contributed by atoms with E-state index in [2.05, 4.69) is 6.07 Å². The minimum atomic E-state index is -0.272. The minimum Gasteiger partial charge on any atom is -0.468 e. The molecule has 0 N–H and O–H groups in total. The van der Waals surface area contributed by atoms with Crippen molar-refractivity contribution in [2.45, 2.75) is 26.4 Å². The smallest absolute Gasteiger partial charge is 0.319 e. The van der Waals surface area contributed by atoms with E-state index in [0.717, 1.165) is 11.1 Å². The largest absolute Gasteiger partial charge is 0.468 e. The molecule has 2 aromatic heterocycles. The summed E-state index contributed by atoms with van der Waals surface area (Å²) in [5.74, 6) is -0.272. The Labute approximate surface area is 124 Å². The Hall–Kier alpha value is -2.32. The SMILES string of the molecule is COC(=O)CN(Cc1cn2ccccc2c1C#N)C(C)C. The van der Waals surface area contributed by atoms with E-state index >= 15 is 0 Å². The van der Waals surface area contributed by atoms with Crippen molar-refractivity contribution >= 4 is 11.5 Å². The molecule has 0 aliphatic rings. The molecule has 2 heterocycles. The van der Waals surface area contributed by atoms with E-state index in [0.29, 0.717) is 12.1 Å². The van der Waals surface area contributed by atoms with Gasteiger partial charge in [-0.15, -0.1) is 0 Å². The third-order valence-electron chi connectivity index (χ3n) is 3.54. The first-order valence-electron chi connectivity index (χ1n) is 6.86. The van der Waals surface area contributed by atoms with E-state index in [1.807, 2.05) is 53.7 Å². The first-order valence-corrected chi connectivity index (χ1v) is 6.86. The van der Waals surface area contributed by atoms with Crippen molar-refractivity contribution in [3.05, 3.63) is 41.7 Å². The average molecular weight is 285 g/mol. The zero-order chi connectivity index (χ0) is 15.4. The van der Waals surface area contributed by atoms with Crippen LogP contribution in [0.2, 0.25) is 0 Å². The van der Waals surface area contributed by atoms with Crippen LogP contribution in [0.3, 0.4) is 0 Å². The van der Waals surface area contributed by atoms with Crippen LogP contribution in [0, 0.1) is 11.3 Å². The summed E-state index contributed by atoms with van der Waals surface area (Å²) < 4.78 is 6.67. The summed E-state index contributed by atoms with van der Waals surface area (Å²) in [7, 11) is 1.38. The van der Waals surface area contributed by atoms with Crippen molar-refractivity contribution in [1.29, 1.82) is 5.26 Å². The number of esters is 1. The molecule has 2 aromatic rings. The lowest BCUT2D eigenvalue weighted by atomic mass is 10.1. The van der Waals surface area contributed by atoms with E-state index in [1.54, 1.807) is 0 Å². The highest BCUT2D eigenvalue weighted by molar-refractivity contribution is 5.71. The van der Waals surface area contributed by atoms with Crippen LogP contribution in [0.1, 0.15) is 25.0 Å². The molecule has 0 aliphatic heterocycles. The van der Waals surface area contributed by atoms with Gasteiger partial charge in [-0.2, -0.15) is 5.26 Å². The van der Waals surface area contributed by atoms with Crippen LogP contribution in [0.15, 0.2) is 30.6 Å². The summed E-state index contributed by atoms with van der Waals surface area (Å²) in [5.41, 5.74) is 2.46. The van der Waals surface area contributed by atoms with Crippen LogP contribution < -0.4 is 0 Å². The van der Waals surface area contributed by atoms with Crippen LogP contribution in [0.5, 0.6) is 0 Å². The lowest BCUT2D eigenvalue weighted by molar-refractivity contribution is -0.142. The number of rotatable bonds is 5. The minimum absolute atomic E-state index is 0.179. The molecule has 0 amide bonds. The number of aromatic nitrogens is 1. The third-order valence-corrected chi connectivity index (χ3v) is 3.54. The molecule has 110 valence electrons. The van der Waals surface area contributed by atoms with Crippen LogP contribution in [0.4, 0.5) is 0 Å². The maximum Gasteiger partial charge on any atom is 0.319 e. The number of carbonyl (C=O) groups excluding carboxylic acids is 1. The van der Waals surface area contributed by atoms with Crippen LogP contribution in [-0.4, -0.2) is 35.0 Å². The van der Waals surface area contributed by atoms with Crippen molar-refractivity contribution in [3.8, 4) is 6.07 Å². The van der Waals surface area contributed by atoms with Crippen LogP contribution in [-0.2, 0) is 16.1 Å². The summed E-state index contributed by atoms with van der Waals surface area (Å²) in [6, 6.07) is 8.20. The Kier molecular flexibility index (Phi) is 4.61. The van der Waals surface area contributed by atoms with E-state index in [-0.39, 0.29) is 18.6 Å². The summed E-state index contributed by atoms with van der Waals surface area (Å²) in [6.45, 7) is 4.79. The average Bonchev–Trinajstić information content (AvgIpc) is 2.83. The summed E-state index contributed by atoms with van der Waals surface area (Å²) in [4.78, 5) is 13.5. The van der Waals surface area contributed by atoms with Gasteiger partial charge < -0.3 is 9.14 Å². The molecule has 0 radical (unpaired) electrons. The zero-order valence-corrected chi connectivity index (χ0v) is 12.5. The van der Waals surface area contributed by atoms with Gasteiger partial charge in [0.1, 0.15) is 6.07 Å². The number of ether oxygens (including phenoxy) is 1. The van der Waals surface area contributed by atoms with Gasteiger partial charge in [-0.1, -0.05) is 6.07 Å². The highest BCUT2D eigenvalue weighted by Gasteiger charge is 2.18.